The Balaban J connectivity index is 1.72. The van der Waals surface area contributed by atoms with Crippen LogP contribution in [0.3, 0.4) is 0 Å². The lowest BCUT2D eigenvalue weighted by Gasteiger charge is -2.26. The van der Waals surface area contributed by atoms with Crippen LogP contribution in [0.5, 0.6) is 5.75 Å². The molecule has 25 heavy (non-hydrogen) atoms. The normalized spacial score (nSPS) is 15.0. The van der Waals surface area contributed by atoms with E-state index in [1.807, 2.05) is 47.5 Å². The molecule has 1 atom stereocenters. The van der Waals surface area contributed by atoms with Crippen molar-refractivity contribution < 1.29 is 14.3 Å². The predicted molar refractivity (Wildman–Crippen MR) is 99.7 cm³/mol. The molecule has 0 saturated heterocycles. The molecule has 0 N–H and O–H groups in total. The molecule has 1 aliphatic rings. The van der Waals surface area contributed by atoms with Crippen molar-refractivity contribution in [2.24, 2.45) is 5.92 Å². The Hall–Kier alpha value is -1.85. The molecule has 5 heteroatoms. The SMILES string of the molecule is COc1ccccc1CN(Cc1cccs1)C(=O)C(C)OCC1CC1. The predicted octanol–water partition coefficient (Wildman–Crippen LogP) is 4.10. The quantitative estimate of drug-likeness (QED) is 0.677. The van der Waals surface area contributed by atoms with Crippen molar-refractivity contribution in [2.45, 2.75) is 39.0 Å². The van der Waals surface area contributed by atoms with Crippen molar-refractivity contribution in [1.29, 1.82) is 0 Å². The summed E-state index contributed by atoms with van der Waals surface area (Å²) >= 11 is 1.66. The summed E-state index contributed by atoms with van der Waals surface area (Å²) in [4.78, 5) is 16.0. The molecule has 4 nitrogen and oxygen atoms in total. The fraction of sp³-hybridized carbons (Fsp3) is 0.450. The topological polar surface area (TPSA) is 38.8 Å². The molecule has 1 heterocycles. The molecule has 0 spiro atoms. The first-order valence-electron chi connectivity index (χ1n) is 8.72. The molecule has 1 aromatic heterocycles. The van der Waals surface area contributed by atoms with Crippen LogP contribution in [-0.4, -0.2) is 30.6 Å². The maximum Gasteiger partial charge on any atom is 0.252 e. The first-order valence-corrected chi connectivity index (χ1v) is 9.60. The average Bonchev–Trinajstić information content (AvgIpc) is 3.33. The number of carbonyl (C=O) groups excluding carboxylic acids is 1. The second kappa shape index (κ2) is 8.50. The van der Waals surface area contributed by atoms with Crippen molar-refractivity contribution in [2.75, 3.05) is 13.7 Å². The van der Waals surface area contributed by atoms with Crippen LogP contribution in [0.25, 0.3) is 0 Å². The number of nitrogens with zero attached hydrogens (tertiary/aromatic N) is 1. The number of thiophene rings is 1. The van der Waals surface area contributed by atoms with E-state index in [-0.39, 0.29) is 5.91 Å². The number of ether oxygens (including phenoxy) is 2. The molecule has 1 aliphatic carbocycles. The van der Waals surface area contributed by atoms with Crippen LogP contribution in [0.1, 0.15) is 30.2 Å². The first kappa shape index (κ1) is 18.0. The average molecular weight is 359 g/mol. The second-order valence-corrected chi connectivity index (χ2v) is 7.54. The van der Waals surface area contributed by atoms with E-state index in [2.05, 4.69) is 6.07 Å². The Bertz CT molecular complexity index is 682. The van der Waals surface area contributed by atoms with Gasteiger partial charge in [-0.1, -0.05) is 24.3 Å². The summed E-state index contributed by atoms with van der Waals surface area (Å²) in [6.45, 7) is 3.65. The van der Waals surface area contributed by atoms with E-state index in [1.54, 1.807) is 18.4 Å². The van der Waals surface area contributed by atoms with Gasteiger partial charge in [0, 0.05) is 17.0 Å². The highest BCUT2D eigenvalue weighted by Gasteiger charge is 2.27. The Morgan fingerprint density at radius 1 is 1.24 bits per heavy atom. The van der Waals surface area contributed by atoms with E-state index in [9.17, 15) is 4.79 Å². The molecule has 0 aliphatic heterocycles. The zero-order chi connectivity index (χ0) is 17.6. The van der Waals surface area contributed by atoms with E-state index < -0.39 is 6.10 Å². The standard InChI is InChI=1S/C20H25NO3S/c1-15(24-14-16-9-10-16)20(22)21(13-18-7-5-11-25-18)12-17-6-3-4-8-19(17)23-2/h3-8,11,15-16H,9-10,12-14H2,1-2H3. The zero-order valence-electron chi connectivity index (χ0n) is 14.8. The summed E-state index contributed by atoms with van der Waals surface area (Å²) in [6, 6.07) is 11.9. The van der Waals surface area contributed by atoms with Crippen molar-refractivity contribution in [3.05, 3.63) is 52.2 Å². The summed E-state index contributed by atoms with van der Waals surface area (Å²) in [5.74, 6) is 1.48. The van der Waals surface area contributed by atoms with E-state index in [0.717, 1.165) is 16.2 Å². The molecule has 134 valence electrons. The van der Waals surface area contributed by atoms with Crippen molar-refractivity contribution in [3.8, 4) is 5.75 Å². The van der Waals surface area contributed by atoms with E-state index in [1.165, 1.54) is 12.8 Å². The van der Waals surface area contributed by atoms with Gasteiger partial charge in [-0.15, -0.1) is 11.3 Å². The number of benzene rings is 1. The van der Waals surface area contributed by atoms with E-state index in [0.29, 0.717) is 25.6 Å². The summed E-state index contributed by atoms with van der Waals surface area (Å²) in [6.07, 6.45) is 2.03. The Morgan fingerprint density at radius 2 is 2.04 bits per heavy atom. The van der Waals surface area contributed by atoms with Crippen LogP contribution < -0.4 is 4.74 Å². The number of methoxy groups -OCH3 is 1. The number of hydrogen-bond acceptors (Lipinski definition) is 4. The van der Waals surface area contributed by atoms with Crippen LogP contribution >= 0.6 is 11.3 Å². The molecule has 3 rings (SSSR count). The Kier molecular flexibility index (Phi) is 6.10. The summed E-state index contributed by atoms with van der Waals surface area (Å²) in [5.41, 5.74) is 1.00. The highest BCUT2D eigenvalue weighted by Crippen LogP contribution is 2.29. The lowest BCUT2D eigenvalue weighted by atomic mass is 10.1. The highest BCUT2D eigenvalue weighted by molar-refractivity contribution is 7.09. The molecule has 1 amide bonds. The molecular weight excluding hydrogens is 334 g/mol. The summed E-state index contributed by atoms with van der Waals surface area (Å²) < 4.78 is 11.2. The third kappa shape index (κ3) is 5.06. The number of hydrogen-bond donors (Lipinski definition) is 0. The molecule has 0 radical (unpaired) electrons. The number of rotatable bonds is 9. The molecule has 1 aromatic carbocycles. The molecule has 2 aromatic rings. The Morgan fingerprint density at radius 3 is 2.72 bits per heavy atom. The minimum atomic E-state index is -0.421. The van der Waals surface area contributed by atoms with Gasteiger partial charge < -0.3 is 14.4 Å². The zero-order valence-corrected chi connectivity index (χ0v) is 15.6. The van der Waals surface area contributed by atoms with Gasteiger partial charge in [-0.2, -0.15) is 0 Å². The van der Waals surface area contributed by atoms with Crippen molar-refractivity contribution in [3.63, 3.8) is 0 Å². The van der Waals surface area contributed by atoms with Crippen LogP contribution in [0.2, 0.25) is 0 Å². The third-order valence-corrected chi connectivity index (χ3v) is 5.28. The van der Waals surface area contributed by atoms with Crippen molar-refractivity contribution >= 4 is 17.2 Å². The third-order valence-electron chi connectivity index (χ3n) is 4.42. The van der Waals surface area contributed by atoms with E-state index in [4.69, 9.17) is 9.47 Å². The van der Waals surface area contributed by atoms with Crippen LogP contribution in [0, 0.1) is 5.92 Å². The molecular formula is C20H25NO3S. The van der Waals surface area contributed by atoms with Gasteiger partial charge in [0.05, 0.1) is 20.3 Å². The van der Waals surface area contributed by atoms with Gasteiger partial charge in [0.25, 0.3) is 5.91 Å². The highest BCUT2D eigenvalue weighted by atomic mass is 32.1. The van der Waals surface area contributed by atoms with Gasteiger partial charge in [0.2, 0.25) is 0 Å². The lowest BCUT2D eigenvalue weighted by Crippen LogP contribution is -2.38. The minimum absolute atomic E-state index is 0.0277. The smallest absolute Gasteiger partial charge is 0.252 e. The van der Waals surface area contributed by atoms with Crippen molar-refractivity contribution in [1.82, 2.24) is 4.90 Å². The van der Waals surface area contributed by atoms with Gasteiger partial charge in [-0.05, 0) is 43.2 Å². The van der Waals surface area contributed by atoms with Gasteiger partial charge in [0.1, 0.15) is 11.9 Å². The van der Waals surface area contributed by atoms with Crippen LogP contribution in [-0.2, 0) is 22.6 Å². The number of amides is 1. The maximum absolute atomic E-state index is 13.0. The number of carbonyl (C=O) groups is 1. The lowest BCUT2D eigenvalue weighted by molar-refractivity contribution is -0.144. The summed E-state index contributed by atoms with van der Waals surface area (Å²) in [5, 5.41) is 2.04. The molecule has 0 bridgehead atoms. The molecule has 1 fully saturated rings. The largest absolute Gasteiger partial charge is 0.496 e. The summed E-state index contributed by atoms with van der Waals surface area (Å²) in [7, 11) is 1.66. The van der Waals surface area contributed by atoms with Gasteiger partial charge >= 0.3 is 0 Å². The van der Waals surface area contributed by atoms with Gasteiger partial charge in [0.15, 0.2) is 0 Å². The van der Waals surface area contributed by atoms with Gasteiger partial charge in [-0.25, -0.2) is 0 Å². The van der Waals surface area contributed by atoms with Crippen LogP contribution in [0.15, 0.2) is 41.8 Å². The Labute approximate surface area is 153 Å². The second-order valence-electron chi connectivity index (χ2n) is 6.50. The minimum Gasteiger partial charge on any atom is -0.496 e. The van der Waals surface area contributed by atoms with E-state index >= 15 is 0 Å². The fourth-order valence-corrected chi connectivity index (χ4v) is 3.45. The maximum atomic E-state index is 13.0. The number of para-hydroxylation sites is 1. The van der Waals surface area contributed by atoms with Gasteiger partial charge in [-0.3, -0.25) is 4.79 Å². The monoisotopic (exact) mass is 359 g/mol. The first-order chi connectivity index (χ1) is 12.2. The van der Waals surface area contributed by atoms with Crippen LogP contribution in [0.4, 0.5) is 0 Å². The fourth-order valence-electron chi connectivity index (χ4n) is 2.73. The molecule has 1 unspecified atom stereocenters. The molecule has 1 saturated carbocycles.